The molecule has 0 fully saturated rings. The highest BCUT2D eigenvalue weighted by atomic mass is 16.5. The largest absolute Gasteiger partial charge is 0.466 e. The molecule has 0 N–H and O–H groups in total. The summed E-state index contributed by atoms with van der Waals surface area (Å²) in [4.78, 5) is 13.7. The number of rotatable bonds is 19. The first-order valence-electron chi connectivity index (χ1n) is 11.3. The number of nitrogens with zero attached hydrogens (tertiary/aromatic N) is 1. The summed E-state index contributed by atoms with van der Waals surface area (Å²) in [5.74, 6) is -0.0293. The molecule has 0 amide bonds. The van der Waals surface area contributed by atoms with Crippen molar-refractivity contribution in [3.8, 4) is 0 Å². The first-order chi connectivity index (χ1) is 13.2. The smallest absolute Gasteiger partial charge is 0.305 e. The molecule has 0 heterocycles. The average Bonchev–Trinajstić information content (AvgIpc) is 2.64. The van der Waals surface area contributed by atoms with Crippen LogP contribution in [0.15, 0.2) is 24.3 Å². The van der Waals surface area contributed by atoms with E-state index in [1.54, 1.807) is 0 Å². The molecular weight excluding hydrogens is 334 g/mol. The van der Waals surface area contributed by atoms with Crippen LogP contribution < -0.4 is 0 Å². The molecule has 0 aliphatic heterocycles. The van der Waals surface area contributed by atoms with Gasteiger partial charge in [-0.15, -0.1) is 0 Å². The van der Waals surface area contributed by atoms with E-state index in [1.807, 2.05) is 14.1 Å². The lowest BCUT2D eigenvalue weighted by Crippen LogP contribution is -2.16. The molecule has 0 aliphatic carbocycles. The minimum atomic E-state index is -0.0293. The van der Waals surface area contributed by atoms with Gasteiger partial charge < -0.3 is 9.64 Å². The first-order valence-corrected chi connectivity index (χ1v) is 11.3. The molecule has 3 heteroatoms. The Hall–Kier alpha value is -1.09. The Kier molecular flexibility index (Phi) is 20.4. The molecule has 0 aromatic carbocycles. The highest BCUT2D eigenvalue weighted by molar-refractivity contribution is 5.69. The lowest BCUT2D eigenvalue weighted by molar-refractivity contribution is -0.143. The SMILES string of the molecule is CCCCC/C=C\C/C=C\CCCCCCCCC(=O)OCCCN(C)C. The van der Waals surface area contributed by atoms with Crippen molar-refractivity contribution >= 4 is 5.97 Å². The minimum Gasteiger partial charge on any atom is -0.466 e. The fourth-order valence-electron chi connectivity index (χ4n) is 2.90. The van der Waals surface area contributed by atoms with Crippen LogP contribution in [0.4, 0.5) is 0 Å². The monoisotopic (exact) mass is 379 g/mol. The topological polar surface area (TPSA) is 29.5 Å². The van der Waals surface area contributed by atoms with Gasteiger partial charge in [0.15, 0.2) is 0 Å². The second-order valence-corrected chi connectivity index (χ2v) is 7.71. The third-order valence-electron chi connectivity index (χ3n) is 4.59. The minimum absolute atomic E-state index is 0.0293. The van der Waals surface area contributed by atoms with Crippen molar-refractivity contribution in [1.29, 1.82) is 0 Å². The number of hydrogen-bond acceptors (Lipinski definition) is 3. The van der Waals surface area contributed by atoms with Crippen molar-refractivity contribution in [3.63, 3.8) is 0 Å². The molecule has 0 rings (SSSR count). The van der Waals surface area contributed by atoms with Gasteiger partial charge in [-0.05, 0) is 59.0 Å². The van der Waals surface area contributed by atoms with E-state index in [2.05, 4.69) is 36.1 Å². The molecule has 0 aliphatic rings. The fraction of sp³-hybridized carbons (Fsp3) is 0.792. The summed E-state index contributed by atoms with van der Waals surface area (Å²) in [6, 6.07) is 0. The number of esters is 1. The van der Waals surface area contributed by atoms with Gasteiger partial charge >= 0.3 is 5.97 Å². The maximum Gasteiger partial charge on any atom is 0.305 e. The van der Waals surface area contributed by atoms with Crippen LogP contribution >= 0.6 is 0 Å². The van der Waals surface area contributed by atoms with Crippen molar-refractivity contribution in [3.05, 3.63) is 24.3 Å². The Bertz CT molecular complexity index is 375. The number of hydrogen-bond donors (Lipinski definition) is 0. The quantitative estimate of drug-likeness (QED) is 0.142. The van der Waals surface area contributed by atoms with E-state index in [1.165, 1.54) is 57.8 Å². The van der Waals surface area contributed by atoms with E-state index >= 15 is 0 Å². The van der Waals surface area contributed by atoms with E-state index in [4.69, 9.17) is 4.74 Å². The Balaban J connectivity index is 3.26. The zero-order valence-corrected chi connectivity index (χ0v) is 18.4. The number of carbonyl (C=O) groups is 1. The second-order valence-electron chi connectivity index (χ2n) is 7.71. The number of unbranched alkanes of at least 4 members (excludes halogenated alkanes) is 9. The Morgan fingerprint density at radius 3 is 2.00 bits per heavy atom. The van der Waals surface area contributed by atoms with Crippen LogP contribution in [0.5, 0.6) is 0 Å². The molecule has 0 saturated carbocycles. The summed E-state index contributed by atoms with van der Waals surface area (Å²) < 4.78 is 5.24. The van der Waals surface area contributed by atoms with E-state index < -0.39 is 0 Å². The highest BCUT2D eigenvalue weighted by Crippen LogP contribution is 2.10. The van der Waals surface area contributed by atoms with Crippen molar-refractivity contribution in [2.75, 3.05) is 27.2 Å². The molecule has 0 aromatic heterocycles. The standard InChI is InChI=1S/C24H45NO2/c1-4-5-6-7-8-9-10-11-12-13-14-15-16-17-18-19-21-24(26)27-23-20-22-25(2)3/h8-9,11-12H,4-7,10,13-23H2,1-3H3/b9-8-,12-11-. The van der Waals surface area contributed by atoms with E-state index in [9.17, 15) is 4.79 Å². The van der Waals surface area contributed by atoms with Gasteiger partial charge in [0.1, 0.15) is 0 Å². The summed E-state index contributed by atoms with van der Waals surface area (Å²) >= 11 is 0. The highest BCUT2D eigenvalue weighted by Gasteiger charge is 2.02. The zero-order valence-electron chi connectivity index (χ0n) is 18.4. The Morgan fingerprint density at radius 1 is 0.778 bits per heavy atom. The number of ether oxygens (including phenoxy) is 1. The van der Waals surface area contributed by atoms with Gasteiger partial charge in [-0.25, -0.2) is 0 Å². The van der Waals surface area contributed by atoms with E-state index in [-0.39, 0.29) is 5.97 Å². The van der Waals surface area contributed by atoms with Gasteiger partial charge in [0, 0.05) is 13.0 Å². The van der Waals surface area contributed by atoms with Crippen molar-refractivity contribution in [1.82, 2.24) is 4.90 Å². The zero-order chi connectivity index (χ0) is 20.0. The predicted octanol–water partition coefficient (Wildman–Crippen LogP) is 6.68. The molecule has 0 saturated heterocycles. The summed E-state index contributed by atoms with van der Waals surface area (Å²) in [6.07, 6.45) is 25.4. The van der Waals surface area contributed by atoms with Crippen LogP contribution in [0.1, 0.15) is 96.8 Å². The molecule has 0 radical (unpaired) electrons. The number of carbonyl (C=O) groups excluding carboxylic acids is 1. The van der Waals surface area contributed by atoms with Gasteiger partial charge in [0.05, 0.1) is 6.61 Å². The van der Waals surface area contributed by atoms with Crippen LogP contribution in [-0.2, 0) is 9.53 Å². The third-order valence-corrected chi connectivity index (χ3v) is 4.59. The lowest BCUT2D eigenvalue weighted by Gasteiger charge is -2.09. The van der Waals surface area contributed by atoms with Gasteiger partial charge in [0.25, 0.3) is 0 Å². The summed E-state index contributed by atoms with van der Waals surface area (Å²) in [5.41, 5.74) is 0. The molecule has 0 atom stereocenters. The van der Waals surface area contributed by atoms with Crippen molar-refractivity contribution in [2.45, 2.75) is 96.8 Å². The maximum absolute atomic E-state index is 11.6. The van der Waals surface area contributed by atoms with Crippen LogP contribution in [0.3, 0.4) is 0 Å². The molecule has 0 unspecified atom stereocenters. The molecule has 3 nitrogen and oxygen atoms in total. The van der Waals surface area contributed by atoms with Gasteiger partial charge in [-0.3, -0.25) is 4.79 Å². The molecule has 0 spiro atoms. The fourth-order valence-corrected chi connectivity index (χ4v) is 2.90. The van der Waals surface area contributed by atoms with Gasteiger partial charge in [0.2, 0.25) is 0 Å². The van der Waals surface area contributed by atoms with E-state index in [0.29, 0.717) is 13.0 Å². The molecule has 158 valence electrons. The van der Waals surface area contributed by atoms with Crippen LogP contribution in [0, 0.1) is 0 Å². The van der Waals surface area contributed by atoms with Gasteiger partial charge in [-0.1, -0.05) is 69.8 Å². The van der Waals surface area contributed by atoms with E-state index in [0.717, 1.165) is 32.2 Å². The molecule has 0 bridgehead atoms. The molecule has 27 heavy (non-hydrogen) atoms. The van der Waals surface area contributed by atoms with Gasteiger partial charge in [-0.2, -0.15) is 0 Å². The molecule has 0 aromatic rings. The third kappa shape index (κ3) is 22.9. The average molecular weight is 380 g/mol. The summed E-state index contributed by atoms with van der Waals surface area (Å²) in [6.45, 7) is 3.77. The maximum atomic E-state index is 11.6. The Morgan fingerprint density at radius 2 is 1.37 bits per heavy atom. The van der Waals surface area contributed by atoms with Crippen LogP contribution in [0.25, 0.3) is 0 Å². The summed E-state index contributed by atoms with van der Waals surface area (Å²) in [5, 5.41) is 0. The van der Waals surface area contributed by atoms with Crippen LogP contribution in [-0.4, -0.2) is 38.1 Å². The molecular formula is C24H45NO2. The first kappa shape index (κ1) is 25.9. The van der Waals surface area contributed by atoms with Crippen molar-refractivity contribution in [2.24, 2.45) is 0 Å². The summed E-state index contributed by atoms with van der Waals surface area (Å²) in [7, 11) is 4.07. The van der Waals surface area contributed by atoms with Crippen LogP contribution in [0.2, 0.25) is 0 Å². The number of allylic oxidation sites excluding steroid dienone is 4. The lowest BCUT2D eigenvalue weighted by atomic mass is 10.1. The Labute approximate surface area is 169 Å². The van der Waals surface area contributed by atoms with Crippen molar-refractivity contribution < 1.29 is 9.53 Å². The second kappa shape index (κ2) is 21.2. The normalized spacial score (nSPS) is 11.9. The predicted molar refractivity (Wildman–Crippen MR) is 118 cm³/mol.